The number of nitrogens with two attached hydrogens (primary N) is 1. The second-order valence-electron chi connectivity index (χ2n) is 4.89. The summed E-state index contributed by atoms with van der Waals surface area (Å²) < 4.78 is 10.5. The fourth-order valence-corrected chi connectivity index (χ4v) is 2.36. The number of nitrogens with zero attached hydrogens (tertiary/aromatic N) is 1. The number of nitrogens with one attached hydrogen (secondary N) is 1. The summed E-state index contributed by atoms with van der Waals surface area (Å²) in [5, 5.41) is 0.340. The summed E-state index contributed by atoms with van der Waals surface area (Å²) in [7, 11) is 3.01. The number of aromatic nitrogens is 2. The Balaban J connectivity index is 2.56. The van der Waals surface area contributed by atoms with E-state index in [1.165, 1.54) is 14.2 Å². The van der Waals surface area contributed by atoms with Crippen LogP contribution in [0.1, 0.15) is 32.0 Å². The van der Waals surface area contributed by atoms with E-state index in [-0.39, 0.29) is 11.2 Å². The van der Waals surface area contributed by atoms with Crippen molar-refractivity contribution in [2.24, 2.45) is 0 Å². The minimum absolute atomic E-state index is 0.245. The van der Waals surface area contributed by atoms with Crippen molar-refractivity contribution in [2.45, 2.75) is 32.6 Å². The first-order chi connectivity index (χ1) is 10.1. The number of hydrogen-bond acceptors (Lipinski definition) is 5. The quantitative estimate of drug-likeness (QED) is 0.629. The molecule has 0 fully saturated rings. The first-order valence-electron chi connectivity index (χ1n) is 7.05. The molecule has 21 heavy (non-hydrogen) atoms. The van der Waals surface area contributed by atoms with E-state index in [1.54, 1.807) is 6.07 Å². The largest absolute Gasteiger partial charge is 0.493 e. The standard InChI is InChI=1S/C15H21N3O3/c1-4-5-6-7-11-17-9-8-10(20-2)14(21-3)13(16)12(9)15(19)18-11/h8H,4-7,16H2,1-3H3,(H,17,18,19). The molecule has 3 N–H and O–H groups in total. The zero-order valence-corrected chi connectivity index (χ0v) is 12.7. The lowest BCUT2D eigenvalue weighted by atomic mass is 10.1. The molecule has 2 aromatic rings. The Bertz CT molecular complexity index is 695. The van der Waals surface area contributed by atoms with Gasteiger partial charge >= 0.3 is 0 Å². The van der Waals surface area contributed by atoms with E-state index in [4.69, 9.17) is 15.2 Å². The van der Waals surface area contributed by atoms with Crippen molar-refractivity contribution < 1.29 is 9.47 Å². The Labute approximate surface area is 123 Å². The third-order valence-electron chi connectivity index (χ3n) is 3.44. The van der Waals surface area contributed by atoms with E-state index in [0.29, 0.717) is 28.2 Å². The Morgan fingerprint density at radius 1 is 1.29 bits per heavy atom. The van der Waals surface area contributed by atoms with Gasteiger partial charge in [-0.25, -0.2) is 4.98 Å². The smallest absolute Gasteiger partial charge is 0.261 e. The van der Waals surface area contributed by atoms with Crippen molar-refractivity contribution in [1.82, 2.24) is 9.97 Å². The van der Waals surface area contributed by atoms with Crippen LogP contribution >= 0.6 is 0 Å². The molecule has 0 amide bonds. The minimum atomic E-state index is -0.245. The maximum atomic E-state index is 12.2. The Kier molecular flexibility index (Phi) is 4.67. The van der Waals surface area contributed by atoms with Gasteiger partial charge in [-0.15, -0.1) is 0 Å². The monoisotopic (exact) mass is 291 g/mol. The van der Waals surface area contributed by atoms with Gasteiger partial charge in [0.15, 0.2) is 11.5 Å². The molecular weight excluding hydrogens is 270 g/mol. The third-order valence-corrected chi connectivity index (χ3v) is 3.44. The molecule has 6 heteroatoms. The van der Waals surface area contributed by atoms with E-state index in [2.05, 4.69) is 16.9 Å². The molecule has 0 saturated heterocycles. The van der Waals surface area contributed by atoms with Crippen LogP contribution in [0.25, 0.3) is 10.9 Å². The van der Waals surface area contributed by atoms with Crippen LogP contribution in [-0.4, -0.2) is 24.2 Å². The van der Waals surface area contributed by atoms with Gasteiger partial charge in [-0.05, 0) is 6.42 Å². The summed E-state index contributed by atoms with van der Waals surface area (Å²) in [5.41, 5.74) is 6.55. The fourth-order valence-electron chi connectivity index (χ4n) is 2.36. The number of nitrogen functional groups attached to an aromatic ring is 1. The predicted molar refractivity (Wildman–Crippen MR) is 83.1 cm³/mol. The highest BCUT2D eigenvalue weighted by Crippen LogP contribution is 2.37. The van der Waals surface area contributed by atoms with Gasteiger partial charge in [0.2, 0.25) is 0 Å². The number of hydrogen-bond donors (Lipinski definition) is 2. The number of anilines is 1. The Morgan fingerprint density at radius 3 is 2.67 bits per heavy atom. The molecule has 0 unspecified atom stereocenters. The maximum absolute atomic E-state index is 12.2. The molecule has 114 valence electrons. The van der Waals surface area contributed by atoms with E-state index in [9.17, 15) is 4.79 Å². The minimum Gasteiger partial charge on any atom is -0.493 e. The van der Waals surface area contributed by atoms with Crippen molar-refractivity contribution in [3.05, 3.63) is 22.2 Å². The van der Waals surface area contributed by atoms with Crippen molar-refractivity contribution >= 4 is 16.6 Å². The second-order valence-corrected chi connectivity index (χ2v) is 4.89. The zero-order valence-electron chi connectivity index (χ0n) is 12.7. The molecule has 1 aromatic carbocycles. The Morgan fingerprint density at radius 2 is 2.05 bits per heavy atom. The zero-order chi connectivity index (χ0) is 15.4. The molecule has 0 atom stereocenters. The molecule has 0 radical (unpaired) electrons. The van der Waals surface area contributed by atoms with Crippen LogP contribution in [0.5, 0.6) is 11.5 Å². The SMILES string of the molecule is CCCCCc1nc2cc(OC)c(OC)c(N)c2c(=O)[nH]1. The van der Waals surface area contributed by atoms with Crippen LogP contribution in [0.15, 0.2) is 10.9 Å². The molecular formula is C15H21N3O3. The van der Waals surface area contributed by atoms with Crippen LogP contribution in [0.3, 0.4) is 0 Å². The second kappa shape index (κ2) is 6.47. The van der Waals surface area contributed by atoms with Gasteiger partial charge in [0.1, 0.15) is 5.82 Å². The number of methoxy groups -OCH3 is 2. The Hall–Kier alpha value is -2.24. The number of aromatic amines is 1. The normalized spacial score (nSPS) is 10.8. The van der Waals surface area contributed by atoms with Crippen molar-refractivity contribution in [3.63, 3.8) is 0 Å². The van der Waals surface area contributed by atoms with Gasteiger partial charge in [-0.2, -0.15) is 0 Å². The third kappa shape index (κ3) is 2.94. The summed E-state index contributed by atoms with van der Waals surface area (Å²) in [5.74, 6) is 1.50. The molecule has 6 nitrogen and oxygen atoms in total. The summed E-state index contributed by atoms with van der Waals surface area (Å²) in [4.78, 5) is 19.5. The molecule has 0 aliphatic heterocycles. The van der Waals surface area contributed by atoms with Crippen LogP contribution in [0, 0.1) is 0 Å². The molecule has 0 saturated carbocycles. The highest BCUT2D eigenvalue weighted by molar-refractivity contribution is 5.95. The van der Waals surface area contributed by atoms with E-state index >= 15 is 0 Å². The average molecular weight is 291 g/mol. The number of benzene rings is 1. The van der Waals surface area contributed by atoms with E-state index in [1.807, 2.05) is 0 Å². The summed E-state index contributed by atoms with van der Waals surface area (Å²) >= 11 is 0. The molecule has 0 aliphatic carbocycles. The van der Waals surface area contributed by atoms with Crippen LogP contribution < -0.4 is 20.8 Å². The number of ether oxygens (including phenoxy) is 2. The molecule has 2 rings (SSSR count). The molecule has 1 heterocycles. The molecule has 0 spiro atoms. The summed E-state index contributed by atoms with van der Waals surface area (Å²) in [6.07, 6.45) is 3.96. The number of rotatable bonds is 6. The van der Waals surface area contributed by atoms with Gasteiger partial charge in [-0.3, -0.25) is 4.79 Å². The molecule has 1 aromatic heterocycles. The van der Waals surface area contributed by atoms with Gasteiger partial charge in [0, 0.05) is 12.5 Å². The number of unbranched alkanes of at least 4 members (excludes halogenated alkanes) is 2. The first-order valence-corrected chi connectivity index (χ1v) is 7.05. The fraction of sp³-hybridized carbons (Fsp3) is 0.467. The van der Waals surface area contributed by atoms with Crippen molar-refractivity contribution in [3.8, 4) is 11.5 Å². The highest BCUT2D eigenvalue weighted by atomic mass is 16.5. The topological polar surface area (TPSA) is 90.2 Å². The van der Waals surface area contributed by atoms with Crippen LogP contribution in [-0.2, 0) is 6.42 Å². The first kappa shape index (κ1) is 15.2. The lowest BCUT2D eigenvalue weighted by molar-refractivity contribution is 0.357. The van der Waals surface area contributed by atoms with Crippen LogP contribution in [0.2, 0.25) is 0 Å². The number of H-pyrrole nitrogens is 1. The number of aryl methyl sites for hydroxylation is 1. The van der Waals surface area contributed by atoms with Gasteiger partial charge in [-0.1, -0.05) is 19.8 Å². The van der Waals surface area contributed by atoms with Crippen molar-refractivity contribution in [2.75, 3.05) is 20.0 Å². The summed E-state index contributed by atoms with van der Waals surface area (Å²) in [6.45, 7) is 2.13. The molecule has 0 bridgehead atoms. The maximum Gasteiger partial charge on any atom is 0.261 e. The predicted octanol–water partition coefficient (Wildman–Crippen LogP) is 2.26. The van der Waals surface area contributed by atoms with Gasteiger partial charge < -0.3 is 20.2 Å². The average Bonchev–Trinajstić information content (AvgIpc) is 2.46. The van der Waals surface area contributed by atoms with E-state index < -0.39 is 0 Å². The summed E-state index contributed by atoms with van der Waals surface area (Å²) in [6, 6.07) is 1.68. The van der Waals surface area contributed by atoms with Gasteiger partial charge in [0.25, 0.3) is 5.56 Å². The molecule has 0 aliphatic rings. The highest BCUT2D eigenvalue weighted by Gasteiger charge is 2.16. The van der Waals surface area contributed by atoms with Crippen molar-refractivity contribution in [1.29, 1.82) is 0 Å². The van der Waals surface area contributed by atoms with E-state index in [0.717, 1.165) is 25.7 Å². The lowest BCUT2D eigenvalue weighted by Gasteiger charge is -2.12. The van der Waals surface area contributed by atoms with Crippen LogP contribution in [0.4, 0.5) is 5.69 Å². The lowest BCUT2D eigenvalue weighted by Crippen LogP contribution is -2.14. The van der Waals surface area contributed by atoms with Gasteiger partial charge in [0.05, 0.1) is 30.8 Å². The number of fused-ring (bicyclic) bond motifs is 1.